The number of rotatable bonds is 7. The van der Waals surface area contributed by atoms with Gasteiger partial charge in [-0.1, -0.05) is 29.0 Å². The van der Waals surface area contributed by atoms with Gasteiger partial charge in [0.25, 0.3) is 0 Å². The molecule has 0 fully saturated rings. The van der Waals surface area contributed by atoms with Crippen molar-refractivity contribution in [1.82, 2.24) is 40.3 Å². The highest BCUT2D eigenvalue weighted by Gasteiger charge is 2.37. The van der Waals surface area contributed by atoms with Crippen molar-refractivity contribution in [3.8, 4) is 22.8 Å². The maximum absolute atomic E-state index is 13.3. The quantitative estimate of drug-likeness (QED) is 0.0800. The molecule has 0 aliphatic heterocycles. The standard InChI is InChI=1S/C25H18F6N8S3/c1-11-4-12(2)6-13(5-11)19-34-22(38-36-19)41-17-10-18(33-21(32-17)40-3)42-23-35-20(37-39-23)14-7-15(24(26,27)28)9-16(8-14)25(29,30)31/h4-10H,1-3H3,(H,34,36,38)(H,35,37,39). The molecule has 2 N–H and O–H groups in total. The summed E-state index contributed by atoms with van der Waals surface area (Å²) in [5.41, 5.74) is -0.254. The van der Waals surface area contributed by atoms with Crippen molar-refractivity contribution in [2.45, 2.75) is 51.7 Å². The topological polar surface area (TPSA) is 109 Å². The lowest BCUT2D eigenvalue weighted by molar-refractivity contribution is -0.143. The number of nitrogens with zero attached hydrogens (tertiary/aromatic N) is 6. The third kappa shape index (κ3) is 7.07. The fraction of sp³-hybridized carbons (Fsp3) is 0.200. The number of nitrogens with one attached hydrogen (secondary N) is 2. The van der Waals surface area contributed by atoms with Crippen molar-refractivity contribution in [3.63, 3.8) is 0 Å². The summed E-state index contributed by atoms with van der Waals surface area (Å²) in [5.74, 6) is 0.332. The molecule has 0 spiro atoms. The zero-order valence-corrected chi connectivity index (χ0v) is 24.2. The molecule has 0 saturated heterocycles. The first kappa shape index (κ1) is 29.9. The van der Waals surface area contributed by atoms with Crippen molar-refractivity contribution in [3.05, 3.63) is 64.7 Å². The zero-order valence-electron chi connectivity index (χ0n) is 21.7. The monoisotopic (exact) mass is 640 g/mol. The summed E-state index contributed by atoms with van der Waals surface area (Å²) in [5, 5.41) is 18.0. The Kier molecular flexibility index (Phi) is 8.26. The van der Waals surface area contributed by atoms with Gasteiger partial charge in [-0.15, -0.1) is 20.4 Å². The third-order valence-electron chi connectivity index (χ3n) is 5.53. The van der Waals surface area contributed by atoms with Crippen LogP contribution in [-0.2, 0) is 12.4 Å². The first-order chi connectivity index (χ1) is 19.8. The fourth-order valence-corrected chi connectivity index (χ4v) is 5.86. The van der Waals surface area contributed by atoms with E-state index in [0.29, 0.717) is 38.3 Å². The lowest BCUT2D eigenvalue weighted by Crippen LogP contribution is -2.11. The molecule has 5 rings (SSSR count). The minimum absolute atomic E-state index is 0.0545. The number of alkyl halides is 6. The lowest BCUT2D eigenvalue weighted by Gasteiger charge is -2.13. The van der Waals surface area contributed by atoms with E-state index in [1.54, 1.807) is 12.3 Å². The van der Waals surface area contributed by atoms with Gasteiger partial charge in [-0.3, -0.25) is 0 Å². The second-order valence-corrected chi connectivity index (χ2v) is 11.7. The second-order valence-electron chi connectivity index (χ2n) is 8.86. The summed E-state index contributed by atoms with van der Waals surface area (Å²) in [6.07, 6.45) is -8.19. The Morgan fingerprint density at radius 2 is 1.05 bits per heavy atom. The molecule has 0 aliphatic carbocycles. The van der Waals surface area contributed by atoms with E-state index in [1.807, 2.05) is 26.0 Å². The molecule has 17 heteroatoms. The fourth-order valence-electron chi connectivity index (χ4n) is 3.83. The van der Waals surface area contributed by atoms with Crippen LogP contribution in [0.4, 0.5) is 26.3 Å². The molecule has 0 atom stereocenters. The molecular formula is C25H18F6N8S3. The van der Waals surface area contributed by atoms with Crippen LogP contribution >= 0.6 is 35.3 Å². The van der Waals surface area contributed by atoms with Crippen molar-refractivity contribution in [2.75, 3.05) is 6.26 Å². The zero-order chi connectivity index (χ0) is 30.2. The number of hydrogen-bond acceptors (Lipinski definition) is 9. The average Bonchev–Trinajstić information content (AvgIpc) is 3.57. The van der Waals surface area contributed by atoms with E-state index in [-0.39, 0.29) is 17.0 Å². The molecule has 0 bridgehead atoms. The van der Waals surface area contributed by atoms with Crippen LogP contribution in [0.25, 0.3) is 22.8 Å². The maximum Gasteiger partial charge on any atom is 0.416 e. The average molecular weight is 641 g/mol. The van der Waals surface area contributed by atoms with Crippen molar-refractivity contribution < 1.29 is 26.3 Å². The number of benzene rings is 2. The van der Waals surface area contributed by atoms with Gasteiger partial charge in [-0.05, 0) is 74.0 Å². The Labute approximate surface area is 247 Å². The molecule has 2 aromatic carbocycles. The smallest absolute Gasteiger partial charge is 0.316 e. The van der Waals surface area contributed by atoms with Gasteiger partial charge in [0.1, 0.15) is 10.1 Å². The lowest BCUT2D eigenvalue weighted by atomic mass is 10.0. The molecule has 8 nitrogen and oxygen atoms in total. The summed E-state index contributed by atoms with van der Waals surface area (Å²) in [6, 6.07) is 8.89. The minimum atomic E-state index is -4.99. The molecule has 42 heavy (non-hydrogen) atoms. The van der Waals surface area contributed by atoms with E-state index in [4.69, 9.17) is 0 Å². The largest absolute Gasteiger partial charge is 0.416 e. The predicted octanol–water partition coefficient (Wildman–Crippen LogP) is 7.73. The van der Waals surface area contributed by atoms with E-state index >= 15 is 0 Å². The number of hydrogen-bond donors (Lipinski definition) is 2. The van der Waals surface area contributed by atoms with Crippen molar-refractivity contribution in [2.24, 2.45) is 0 Å². The molecular weight excluding hydrogens is 623 g/mol. The Hall–Kier alpha value is -3.57. The van der Waals surface area contributed by atoms with Gasteiger partial charge in [0.2, 0.25) is 0 Å². The molecule has 0 amide bonds. The number of aromatic amines is 2. The van der Waals surface area contributed by atoms with Gasteiger partial charge in [0, 0.05) is 17.2 Å². The van der Waals surface area contributed by atoms with Crippen LogP contribution in [0.2, 0.25) is 0 Å². The Bertz CT molecular complexity index is 1700. The van der Waals surface area contributed by atoms with Crippen LogP contribution in [0, 0.1) is 13.8 Å². The molecule has 0 saturated carbocycles. The Balaban J connectivity index is 1.39. The van der Waals surface area contributed by atoms with Crippen molar-refractivity contribution in [1.29, 1.82) is 0 Å². The van der Waals surface area contributed by atoms with E-state index in [9.17, 15) is 26.3 Å². The molecule has 3 heterocycles. The van der Waals surface area contributed by atoms with Crippen molar-refractivity contribution >= 4 is 35.3 Å². The second kappa shape index (κ2) is 11.6. The molecule has 0 unspecified atom stereocenters. The highest BCUT2D eigenvalue weighted by atomic mass is 32.2. The normalized spacial score (nSPS) is 12.2. The van der Waals surface area contributed by atoms with Gasteiger partial charge in [0.15, 0.2) is 27.1 Å². The number of H-pyrrole nitrogens is 2. The number of aromatic nitrogens is 8. The van der Waals surface area contributed by atoms with Gasteiger partial charge < -0.3 is 9.97 Å². The third-order valence-corrected chi connectivity index (χ3v) is 7.67. The van der Waals surface area contributed by atoms with Gasteiger partial charge in [-0.2, -0.15) is 26.3 Å². The first-order valence-corrected chi connectivity index (χ1v) is 14.7. The highest BCUT2D eigenvalue weighted by molar-refractivity contribution is 8.00. The molecule has 5 aromatic rings. The van der Waals surface area contributed by atoms with Crippen LogP contribution in [0.15, 0.2) is 68.0 Å². The van der Waals surface area contributed by atoms with Crippen LogP contribution in [-0.4, -0.2) is 46.6 Å². The van der Waals surface area contributed by atoms with Gasteiger partial charge in [-0.25, -0.2) is 9.97 Å². The van der Waals surface area contributed by atoms with Crippen LogP contribution in [0.3, 0.4) is 0 Å². The minimum Gasteiger partial charge on any atom is -0.316 e. The SMILES string of the molecule is CSc1nc(Sc2nnc(-c3cc(C)cc(C)c3)[nH]2)cc(Sc2nnc(-c3cc(C(F)(F)F)cc(C(F)(F)F)c3)[nH]2)n1. The highest BCUT2D eigenvalue weighted by Crippen LogP contribution is 2.39. The van der Waals surface area contributed by atoms with E-state index in [2.05, 4.69) is 46.4 Å². The number of aryl methyl sites for hydroxylation is 2. The van der Waals surface area contributed by atoms with Gasteiger partial charge in [0.05, 0.1) is 11.1 Å². The van der Waals surface area contributed by atoms with E-state index in [0.717, 1.165) is 28.5 Å². The molecule has 0 aliphatic rings. The summed E-state index contributed by atoms with van der Waals surface area (Å²) < 4.78 is 79.7. The van der Waals surface area contributed by atoms with E-state index in [1.165, 1.54) is 23.5 Å². The van der Waals surface area contributed by atoms with Gasteiger partial charge >= 0.3 is 12.4 Å². The number of thioether (sulfide) groups is 1. The maximum atomic E-state index is 13.3. The molecule has 0 radical (unpaired) electrons. The van der Waals surface area contributed by atoms with E-state index < -0.39 is 29.0 Å². The Morgan fingerprint density at radius 1 is 0.595 bits per heavy atom. The van der Waals surface area contributed by atoms with Crippen LogP contribution in [0.5, 0.6) is 0 Å². The molecule has 218 valence electrons. The molecule has 3 aromatic heterocycles. The van der Waals surface area contributed by atoms with Crippen LogP contribution < -0.4 is 0 Å². The first-order valence-electron chi connectivity index (χ1n) is 11.8. The Morgan fingerprint density at radius 3 is 1.48 bits per heavy atom. The summed E-state index contributed by atoms with van der Waals surface area (Å²) in [4.78, 5) is 14.7. The predicted molar refractivity (Wildman–Crippen MR) is 145 cm³/mol. The van der Waals surface area contributed by atoms with Crippen LogP contribution in [0.1, 0.15) is 22.3 Å². The number of halogens is 6. The summed E-state index contributed by atoms with van der Waals surface area (Å²) in [6.45, 7) is 3.98. The summed E-state index contributed by atoms with van der Waals surface area (Å²) >= 11 is 3.47. The summed E-state index contributed by atoms with van der Waals surface area (Å²) in [7, 11) is 0.